The average Bonchev–Trinajstić information content (AvgIpc) is 2.51. The molecule has 1 aromatic carbocycles. The van der Waals surface area contributed by atoms with Gasteiger partial charge in [-0.25, -0.2) is 9.37 Å². The number of halogens is 1. The van der Waals surface area contributed by atoms with Crippen LogP contribution in [0.4, 0.5) is 15.9 Å². The van der Waals surface area contributed by atoms with E-state index >= 15 is 0 Å². The van der Waals surface area contributed by atoms with Gasteiger partial charge in [-0.3, -0.25) is 4.79 Å². The molecule has 0 aliphatic rings. The highest BCUT2D eigenvalue weighted by molar-refractivity contribution is 5.91. The zero-order valence-electron chi connectivity index (χ0n) is 12.6. The van der Waals surface area contributed by atoms with Crippen molar-refractivity contribution in [3.63, 3.8) is 0 Å². The van der Waals surface area contributed by atoms with E-state index in [0.717, 1.165) is 30.6 Å². The van der Waals surface area contributed by atoms with Crippen LogP contribution in [0.5, 0.6) is 0 Å². The zero-order chi connectivity index (χ0) is 15.8. The van der Waals surface area contributed by atoms with Crippen LogP contribution in [-0.2, 0) is 11.2 Å². The molecule has 1 amide bonds. The number of anilines is 2. The van der Waals surface area contributed by atoms with Crippen LogP contribution >= 0.6 is 0 Å². The summed E-state index contributed by atoms with van der Waals surface area (Å²) in [6, 6.07) is 9.54. The fraction of sp³-hybridized carbons (Fsp3) is 0.294. The number of hydrogen-bond acceptors (Lipinski definition) is 3. The lowest BCUT2D eigenvalue weighted by Crippen LogP contribution is -2.15. The number of hydrogen-bond donors (Lipinski definition) is 2. The van der Waals surface area contributed by atoms with Crippen LogP contribution in [0.15, 0.2) is 42.6 Å². The number of nitrogens with zero attached hydrogens (tertiary/aromatic N) is 1. The molecule has 0 spiro atoms. The summed E-state index contributed by atoms with van der Waals surface area (Å²) in [5.74, 6) is 0.0240. The van der Waals surface area contributed by atoms with Crippen molar-refractivity contribution < 1.29 is 9.18 Å². The molecule has 1 heterocycles. The molecule has 0 bridgehead atoms. The molecule has 0 radical (unpaired) electrons. The molecule has 2 N–H and O–H groups in total. The number of amides is 1. The van der Waals surface area contributed by atoms with Crippen molar-refractivity contribution in [1.29, 1.82) is 0 Å². The SMILES string of the molecule is CCCCNc1ccc(NC(=O)Cc2ccc(F)cc2)nc1. The maximum Gasteiger partial charge on any atom is 0.229 e. The summed E-state index contributed by atoms with van der Waals surface area (Å²) in [5, 5.41) is 5.99. The van der Waals surface area contributed by atoms with Crippen LogP contribution in [-0.4, -0.2) is 17.4 Å². The number of unbranched alkanes of at least 4 members (excludes halogenated alkanes) is 1. The largest absolute Gasteiger partial charge is 0.384 e. The first-order chi connectivity index (χ1) is 10.7. The van der Waals surface area contributed by atoms with Crippen LogP contribution in [0.2, 0.25) is 0 Å². The van der Waals surface area contributed by atoms with Crippen molar-refractivity contribution in [2.45, 2.75) is 26.2 Å². The highest BCUT2D eigenvalue weighted by atomic mass is 19.1. The maximum absolute atomic E-state index is 12.8. The fourth-order valence-electron chi connectivity index (χ4n) is 1.96. The number of pyridine rings is 1. The second-order valence-electron chi connectivity index (χ2n) is 5.06. The Labute approximate surface area is 129 Å². The minimum atomic E-state index is -0.308. The second kappa shape index (κ2) is 8.12. The Morgan fingerprint density at radius 3 is 2.59 bits per heavy atom. The topological polar surface area (TPSA) is 54.0 Å². The highest BCUT2D eigenvalue weighted by Gasteiger charge is 2.05. The van der Waals surface area contributed by atoms with Gasteiger partial charge in [-0.15, -0.1) is 0 Å². The van der Waals surface area contributed by atoms with Crippen LogP contribution in [0.1, 0.15) is 25.3 Å². The molecule has 0 aliphatic carbocycles. The van der Waals surface area contributed by atoms with Crippen LogP contribution < -0.4 is 10.6 Å². The summed E-state index contributed by atoms with van der Waals surface area (Å²) < 4.78 is 12.8. The Bertz CT molecular complexity index is 596. The first kappa shape index (κ1) is 15.9. The third-order valence-electron chi connectivity index (χ3n) is 3.17. The molecule has 0 atom stereocenters. The monoisotopic (exact) mass is 301 g/mol. The van der Waals surface area contributed by atoms with Crippen molar-refractivity contribution in [2.75, 3.05) is 17.2 Å². The molecule has 116 valence electrons. The van der Waals surface area contributed by atoms with Gasteiger partial charge in [0.25, 0.3) is 0 Å². The summed E-state index contributed by atoms with van der Waals surface area (Å²) in [6.45, 7) is 3.05. The summed E-state index contributed by atoms with van der Waals surface area (Å²) in [6.07, 6.45) is 4.13. The van der Waals surface area contributed by atoms with Gasteiger partial charge in [0, 0.05) is 6.54 Å². The number of nitrogens with one attached hydrogen (secondary N) is 2. The fourth-order valence-corrected chi connectivity index (χ4v) is 1.96. The van der Waals surface area contributed by atoms with Crippen molar-refractivity contribution in [3.8, 4) is 0 Å². The van der Waals surface area contributed by atoms with Crippen LogP contribution in [0, 0.1) is 5.82 Å². The highest BCUT2D eigenvalue weighted by Crippen LogP contribution is 2.11. The van der Waals surface area contributed by atoms with E-state index in [1.54, 1.807) is 24.4 Å². The third-order valence-corrected chi connectivity index (χ3v) is 3.17. The molecule has 0 saturated carbocycles. The molecule has 0 saturated heterocycles. The molecule has 22 heavy (non-hydrogen) atoms. The normalized spacial score (nSPS) is 10.3. The average molecular weight is 301 g/mol. The van der Waals surface area contributed by atoms with E-state index in [4.69, 9.17) is 0 Å². The predicted molar refractivity (Wildman–Crippen MR) is 86.4 cm³/mol. The molecule has 5 heteroatoms. The molecule has 2 aromatic rings. The molecule has 1 aromatic heterocycles. The predicted octanol–water partition coefficient (Wildman–Crippen LogP) is 3.61. The molecule has 4 nitrogen and oxygen atoms in total. The van der Waals surface area contributed by atoms with Gasteiger partial charge in [-0.2, -0.15) is 0 Å². The van der Waals surface area contributed by atoms with Crippen molar-refractivity contribution in [3.05, 3.63) is 54.0 Å². The minimum Gasteiger partial charge on any atom is -0.384 e. The standard InChI is InChI=1S/C17H20FN3O/c1-2-3-10-19-15-8-9-16(20-12-15)21-17(22)11-13-4-6-14(18)7-5-13/h4-9,12,19H,2-3,10-11H2,1H3,(H,20,21,22). The third kappa shape index (κ3) is 5.16. The number of rotatable bonds is 7. The zero-order valence-corrected chi connectivity index (χ0v) is 12.6. The molecule has 0 unspecified atom stereocenters. The van der Waals surface area contributed by atoms with Gasteiger partial charge in [0.15, 0.2) is 0 Å². The molecular formula is C17H20FN3O. The summed E-state index contributed by atoms with van der Waals surface area (Å²) in [4.78, 5) is 16.1. The quantitative estimate of drug-likeness (QED) is 0.768. The number of carbonyl (C=O) groups excluding carboxylic acids is 1. The Hall–Kier alpha value is -2.43. The summed E-state index contributed by atoms with van der Waals surface area (Å²) in [7, 11) is 0. The van der Waals surface area contributed by atoms with E-state index in [2.05, 4.69) is 22.5 Å². The van der Waals surface area contributed by atoms with E-state index in [1.807, 2.05) is 6.07 Å². The number of benzene rings is 1. The first-order valence-electron chi connectivity index (χ1n) is 7.41. The van der Waals surface area contributed by atoms with Crippen molar-refractivity contribution in [2.24, 2.45) is 0 Å². The van der Waals surface area contributed by atoms with Crippen LogP contribution in [0.3, 0.4) is 0 Å². The first-order valence-corrected chi connectivity index (χ1v) is 7.41. The van der Waals surface area contributed by atoms with E-state index in [9.17, 15) is 9.18 Å². The van der Waals surface area contributed by atoms with Gasteiger partial charge >= 0.3 is 0 Å². The van der Waals surface area contributed by atoms with Gasteiger partial charge in [0.2, 0.25) is 5.91 Å². The Morgan fingerprint density at radius 1 is 1.18 bits per heavy atom. The van der Waals surface area contributed by atoms with Gasteiger partial charge < -0.3 is 10.6 Å². The lowest BCUT2D eigenvalue weighted by molar-refractivity contribution is -0.115. The van der Waals surface area contributed by atoms with Gasteiger partial charge in [-0.05, 0) is 36.2 Å². The minimum absolute atomic E-state index is 0.175. The summed E-state index contributed by atoms with van der Waals surface area (Å²) in [5.41, 5.74) is 1.70. The maximum atomic E-state index is 12.8. The lowest BCUT2D eigenvalue weighted by Gasteiger charge is -2.07. The van der Waals surface area contributed by atoms with Crippen LogP contribution in [0.25, 0.3) is 0 Å². The molecular weight excluding hydrogens is 281 g/mol. The van der Waals surface area contributed by atoms with Gasteiger partial charge in [0.05, 0.1) is 18.3 Å². The number of carbonyl (C=O) groups is 1. The van der Waals surface area contributed by atoms with Gasteiger partial charge in [-0.1, -0.05) is 25.5 Å². The Kier molecular flexibility index (Phi) is 5.89. The van der Waals surface area contributed by atoms with E-state index in [-0.39, 0.29) is 18.1 Å². The van der Waals surface area contributed by atoms with Gasteiger partial charge in [0.1, 0.15) is 11.6 Å². The number of aromatic nitrogens is 1. The smallest absolute Gasteiger partial charge is 0.229 e. The molecule has 0 fully saturated rings. The second-order valence-corrected chi connectivity index (χ2v) is 5.06. The van der Waals surface area contributed by atoms with Crippen molar-refractivity contribution in [1.82, 2.24) is 4.98 Å². The van der Waals surface area contributed by atoms with Crippen molar-refractivity contribution >= 4 is 17.4 Å². The Balaban J connectivity index is 1.84. The summed E-state index contributed by atoms with van der Waals surface area (Å²) >= 11 is 0. The van der Waals surface area contributed by atoms with E-state index < -0.39 is 0 Å². The molecule has 2 rings (SSSR count). The van der Waals surface area contributed by atoms with E-state index in [0.29, 0.717) is 5.82 Å². The lowest BCUT2D eigenvalue weighted by atomic mass is 10.1. The van der Waals surface area contributed by atoms with E-state index in [1.165, 1.54) is 12.1 Å². The Morgan fingerprint density at radius 2 is 1.95 bits per heavy atom. The molecule has 0 aliphatic heterocycles.